The second kappa shape index (κ2) is 6.93. The Balaban J connectivity index is 0.00000169. The highest BCUT2D eigenvalue weighted by atomic mass is 35.5. The first-order valence-electron chi connectivity index (χ1n) is 7.98. The minimum atomic E-state index is 0. The Labute approximate surface area is 147 Å². The number of halogens is 1. The van der Waals surface area contributed by atoms with Crippen molar-refractivity contribution in [1.82, 2.24) is 20.0 Å². The molecule has 2 aliphatic heterocycles. The average molecular weight is 349 g/mol. The zero-order valence-electron chi connectivity index (χ0n) is 13.5. The summed E-state index contributed by atoms with van der Waals surface area (Å²) in [7, 11) is 0. The summed E-state index contributed by atoms with van der Waals surface area (Å²) in [5, 5.41) is 7.59. The van der Waals surface area contributed by atoms with E-state index in [-0.39, 0.29) is 30.5 Å². The molecule has 1 aromatic carbocycles. The topological polar surface area (TPSA) is 59.4 Å². The fourth-order valence-electron chi connectivity index (χ4n) is 3.39. The van der Waals surface area contributed by atoms with Crippen LogP contribution in [-0.2, 0) is 4.74 Å². The molecular formula is C17H21ClN4O2. The normalized spacial score (nSPS) is 22.8. The molecule has 6 nitrogen and oxygen atoms in total. The quantitative estimate of drug-likeness (QED) is 0.891. The van der Waals surface area contributed by atoms with Gasteiger partial charge in [0.2, 0.25) is 0 Å². The predicted molar refractivity (Wildman–Crippen MR) is 93.0 cm³/mol. The fourth-order valence-corrected chi connectivity index (χ4v) is 3.39. The van der Waals surface area contributed by atoms with Gasteiger partial charge in [-0.05, 0) is 37.3 Å². The summed E-state index contributed by atoms with van der Waals surface area (Å²) in [6, 6.07) is 9.75. The number of nitrogens with zero attached hydrogens (tertiary/aromatic N) is 3. The van der Waals surface area contributed by atoms with Crippen LogP contribution in [0.4, 0.5) is 0 Å². The number of hydrogen-bond acceptors (Lipinski definition) is 4. The van der Waals surface area contributed by atoms with Gasteiger partial charge in [-0.2, -0.15) is 5.10 Å². The number of nitrogens with one attached hydrogen (secondary N) is 1. The van der Waals surface area contributed by atoms with Crippen molar-refractivity contribution >= 4 is 18.3 Å². The number of rotatable bonds is 2. The second-order valence-corrected chi connectivity index (χ2v) is 6.06. The number of hydrogen-bond donors (Lipinski definition) is 1. The molecule has 0 aliphatic carbocycles. The maximum atomic E-state index is 12.8. The van der Waals surface area contributed by atoms with Gasteiger partial charge in [-0.25, -0.2) is 4.68 Å². The average Bonchev–Trinajstić information content (AvgIpc) is 3.22. The zero-order valence-corrected chi connectivity index (χ0v) is 14.3. The first-order chi connectivity index (χ1) is 11.2. The monoisotopic (exact) mass is 348 g/mol. The molecule has 2 saturated heterocycles. The number of carbonyl (C=O) groups is 1. The first-order valence-corrected chi connectivity index (χ1v) is 7.98. The first kappa shape index (κ1) is 17.0. The molecule has 24 heavy (non-hydrogen) atoms. The molecule has 3 heterocycles. The molecule has 4 rings (SSSR count). The Kier molecular flexibility index (Phi) is 4.89. The van der Waals surface area contributed by atoms with E-state index in [4.69, 9.17) is 4.74 Å². The molecule has 2 aliphatic rings. The van der Waals surface area contributed by atoms with Gasteiger partial charge in [0, 0.05) is 37.1 Å². The van der Waals surface area contributed by atoms with Gasteiger partial charge in [0.05, 0.1) is 24.4 Å². The third kappa shape index (κ3) is 2.92. The van der Waals surface area contributed by atoms with E-state index in [0.717, 1.165) is 24.5 Å². The largest absolute Gasteiger partial charge is 0.373 e. The van der Waals surface area contributed by atoms with E-state index in [1.54, 1.807) is 6.20 Å². The molecular weight excluding hydrogens is 328 g/mol. The van der Waals surface area contributed by atoms with Gasteiger partial charge in [-0.3, -0.25) is 4.79 Å². The standard InChI is InChI=1S/C17H20N4O2.ClH/c1-12-6-7-19-21(12)14-4-2-13(3-5-14)17(22)20-8-9-23-16-11-18-10-15(16)20;/h2-7,15-16,18H,8-11H2,1H3;1H/t15-,16+;/m1./s1. The van der Waals surface area contributed by atoms with E-state index in [0.29, 0.717) is 18.7 Å². The molecule has 1 aromatic heterocycles. The Morgan fingerprint density at radius 2 is 2.04 bits per heavy atom. The van der Waals surface area contributed by atoms with Gasteiger partial charge < -0.3 is 15.0 Å². The van der Waals surface area contributed by atoms with E-state index in [1.165, 1.54) is 0 Å². The van der Waals surface area contributed by atoms with E-state index in [1.807, 2.05) is 46.8 Å². The number of benzene rings is 1. The van der Waals surface area contributed by atoms with Crippen LogP contribution in [0.3, 0.4) is 0 Å². The smallest absolute Gasteiger partial charge is 0.254 e. The van der Waals surface area contributed by atoms with E-state index < -0.39 is 0 Å². The van der Waals surface area contributed by atoms with Gasteiger partial charge in [-0.15, -0.1) is 12.4 Å². The number of fused-ring (bicyclic) bond motifs is 1. The SMILES string of the molecule is Cc1ccnn1-c1ccc(C(=O)N2CCO[C@H]3CNC[C@H]32)cc1.Cl. The molecule has 2 aromatic rings. The van der Waals surface area contributed by atoms with Gasteiger partial charge in [0.15, 0.2) is 0 Å². The molecule has 1 N–H and O–H groups in total. The van der Waals surface area contributed by atoms with Crippen LogP contribution in [0, 0.1) is 6.92 Å². The lowest BCUT2D eigenvalue weighted by Gasteiger charge is -2.37. The van der Waals surface area contributed by atoms with Crippen LogP contribution >= 0.6 is 12.4 Å². The number of aromatic nitrogens is 2. The number of aryl methyl sites for hydroxylation is 1. The fraction of sp³-hybridized carbons (Fsp3) is 0.412. The van der Waals surface area contributed by atoms with Crippen LogP contribution < -0.4 is 5.32 Å². The minimum Gasteiger partial charge on any atom is -0.373 e. The Bertz CT molecular complexity index is 716. The van der Waals surface area contributed by atoms with E-state index in [9.17, 15) is 4.79 Å². The van der Waals surface area contributed by atoms with Gasteiger partial charge in [0.1, 0.15) is 0 Å². The number of amides is 1. The van der Waals surface area contributed by atoms with Crippen LogP contribution in [0.2, 0.25) is 0 Å². The molecule has 2 fully saturated rings. The molecule has 128 valence electrons. The van der Waals surface area contributed by atoms with Crippen LogP contribution in [-0.4, -0.2) is 59.0 Å². The van der Waals surface area contributed by atoms with Gasteiger partial charge >= 0.3 is 0 Å². The number of morpholine rings is 1. The summed E-state index contributed by atoms with van der Waals surface area (Å²) in [6.07, 6.45) is 1.90. The van der Waals surface area contributed by atoms with Crippen LogP contribution in [0.15, 0.2) is 36.5 Å². The molecule has 0 saturated carbocycles. The summed E-state index contributed by atoms with van der Waals surface area (Å²) in [5.41, 5.74) is 2.75. The highest BCUT2D eigenvalue weighted by molar-refractivity contribution is 5.94. The molecule has 0 radical (unpaired) electrons. The number of carbonyl (C=O) groups excluding carboxylic acids is 1. The van der Waals surface area contributed by atoms with Crippen molar-refractivity contribution in [2.45, 2.75) is 19.1 Å². The Morgan fingerprint density at radius 3 is 2.75 bits per heavy atom. The zero-order chi connectivity index (χ0) is 15.8. The highest BCUT2D eigenvalue weighted by Crippen LogP contribution is 2.21. The highest BCUT2D eigenvalue weighted by Gasteiger charge is 2.38. The van der Waals surface area contributed by atoms with Crippen molar-refractivity contribution in [1.29, 1.82) is 0 Å². The lowest BCUT2D eigenvalue weighted by atomic mass is 10.1. The summed E-state index contributed by atoms with van der Waals surface area (Å²) < 4.78 is 7.59. The maximum absolute atomic E-state index is 12.8. The molecule has 7 heteroatoms. The van der Waals surface area contributed by atoms with Crippen LogP contribution in [0.5, 0.6) is 0 Å². The maximum Gasteiger partial charge on any atom is 0.254 e. The summed E-state index contributed by atoms with van der Waals surface area (Å²) in [4.78, 5) is 14.8. The number of ether oxygens (including phenoxy) is 1. The molecule has 0 bridgehead atoms. The van der Waals surface area contributed by atoms with Crippen molar-refractivity contribution in [2.24, 2.45) is 0 Å². The van der Waals surface area contributed by atoms with Gasteiger partial charge in [0.25, 0.3) is 5.91 Å². The Hall–Kier alpha value is -1.89. The molecule has 0 unspecified atom stereocenters. The van der Waals surface area contributed by atoms with Crippen LogP contribution in [0.1, 0.15) is 16.1 Å². The van der Waals surface area contributed by atoms with Gasteiger partial charge in [-0.1, -0.05) is 0 Å². The van der Waals surface area contributed by atoms with Crippen molar-refractivity contribution in [2.75, 3.05) is 26.2 Å². The van der Waals surface area contributed by atoms with Crippen molar-refractivity contribution in [3.8, 4) is 5.69 Å². The van der Waals surface area contributed by atoms with E-state index >= 15 is 0 Å². The Morgan fingerprint density at radius 1 is 1.25 bits per heavy atom. The third-order valence-corrected chi connectivity index (χ3v) is 4.64. The summed E-state index contributed by atoms with van der Waals surface area (Å²) >= 11 is 0. The van der Waals surface area contributed by atoms with E-state index in [2.05, 4.69) is 10.4 Å². The van der Waals surface area contributed by atoms with Crippen molar-refractivity contribution in [3.63, 3.8) is 0 Å². The predicted octanol–water partition coefficient (Wildman–Crippen LogP) is 1.42. The molecule has 0 spiro atoms. The third-order valence-electron chi connectivity index (χ3n) is 4.64. The lowest BCUT2D eigenvalue weighted by Crippen LogP contribution is -2.53. The minimum absolute atomic E-state index is 0. The van der Waals surface area contributed by atoms with Crippen molar-refractivity contribution < 1.29 is 9.53 Å². The summed E-state index contributed by atoms with van der Waals surface area (Å²) in [6.45, 7) is 4.90. The lowest BCUT2D eigenvalue weighted by molar-refractivity contribution is -0.0364. The summed E-state index contributed by atoms with van der Waals surface area (Å²) in [5.74, 6) is 0.0794. The van der Waals surface area contributed by atoms with Crippen molar-refractivity contribution in [3.05, 3.63) is 47.8 Å². The second-order valence-electron chi connectivity index (χ2n) is 6.06. The van der Waals surface area contributed by atoms with Crippen LogP contribution in [0.25, 0.3) is 5.69 Å². The molecule has 2 atom stereocenters. The molecule has 1 amide bonds.